The van der Waals surface area contributed by atoms with Crippen LogP contribution in [0.4, 0.5) is 5.69 Å². The third-order valence-electron chi connectivity index (χ3n) is 3.59. The molecule has 0 aliphatic heterocycles. The van der Waals surface area contributed by atoms with Gasteiger partial charge in [0.2, 0.25) is 0 Å². The van der Waals surface area contributed by atoms with Crippen molar-refractivity contribution in [3.8, 4) is 11.3 Å². The van der Waals surface area contributed by atoms with Gasteiger partial charge in [-0.1, -0.05) is 19.1 Å². The van der Waals surface area contributed by atoms with E-state index in [1.54, 1.807) is 11.3 Å². The zero-order valence-electron chi connectivity index (χ0n) is 14.0. The van der Waals surface area contributed by atoms with Crippen LogP contribution in [0.2, 0.25) is 0 Å². The van der Waals surface area contributed by atoms with Crippen LogP contribution < -0.4 is 10.9 Å². The fraction of sp³-hybridized carbons (Fsp3) is 0.222. The number of aromatic nitrogens is 3. The van der Waals surface area contributed by atoms with Gasteiger partial charge in [0.25, 0.3) is 11.5 Å². The Morgan fingerprint density at radius 2 is 1.96 bits per heavy atom. The predicted octanol–water partition coefficient (Wildman–Crippen LogP) is 3.34. The van der Waals surface area contributed by atoms with Crippen molar-refractivity contribution >= 4 is 22.9 Å². The van der Waals surface area contributed by atoms with Gasteiger partial charge in [-0.15, -0.1) is 11.3 Å². The molecule has 1 aromatic carbocycles. The van der Waals surface area contributed by atoms with Crippen LogP contribution in [-0.4, -0.2) is 20.7 Å². The van der Waals surface area contributed by atoms with Crippen molar-refractivity contribution in [1.82, 2.24) is 14.8 Å². The van der Waals surface area contributed by atoms with Gasteiger partial charge in [-0.05, 0) is 31.5 Å². The molecule has 0 saturated carbocycles. The first-order valence-electron chi connectivity index (χ1n) is 7.99. The third-order valence-corrected chi connectivity index (χ3v) is 4.37. The minimum absolute atomic E-state index is 0.207. The maximum Gasteiger partial charge on any atom is 0.276 e. The van der Waals surface area contributed by atoms with E-state index < -0.39 is 0 Å². The van der Waals surface area contributed by atoms with Gasteiger partial charge in [-0.25, -0.2) is 9.67 Å². The first kappa shape index (κ1) is 17.0. The van der Waals surface area contributed by atoms with Crippen molar-refractivity contribution in [2.45, 2.75) is 26.8 Å². The molecule has 0 unspecified atom stereocenters. The van der Waals surface area contributed by atoms with E-state index in [4.69, 9.17) is 0 Å². The van der Waals surface area contributed by atoms with E-state index in [2.05, 4.69) is 15.4 Å². The van der Waals surface area contributed by atoms with E-state index in [1.807, 2.05) is 43.5 Å². The summed E-state index contributed by atoms with van der Waals surface area (Å²) in [5, 5.41) is 9.92. The lowest BCUT2D eigenvalue weighted by molar-refractivity contribution is 0.102. The number of thiazole rings is 1. The van der Waals surface area contributed by atoms with E-state index >= 15 is 0 Å². The molecule has 3 aromatic rings. The molecule has 128 valence electrons. The highest BCUT2D eigenvalue weighted by Gasteiger charge is 2.10. The average molecular weight is 354 g/mol. The van der Waals surface area contributed by atoms with Gasteiger partial charge >= 0.3 is 0 Å². The second kappa shape index (κ2) is 7.40. The Morgan fingerprint density at radius 3 is 2.60 bits per heavy atom. The summed E-state index contributed by atoms with van der Waals surface area (Å²) in [6, 6.07) is 10.3. The Labute approximate surface area is 149 Å². The summed E-state index contributed by atoms with van der Waals surface area (Å²) in [7, 11) is 0. The summed E-state index contributed by atoms with van der Waals surface area (Å²) in [5.41, 5.74) is 2.59. The highest BCUT2D eigenvalue weighted by molar-refractivity contribution is 7.09. The van der Waals surface area contributed by atoms with Gasteiger partial charge in [0.1, 0.15) is 5.69 Å². The fourth-order valence-corrected chi connectivity index (χ4v) is 2.98. The van der Waals surface area contributed by atoms with E-state index in [1.165, 1.54) is 16.8 Å². The number of rotatable bonds is 5. The summed E-state index contributed by atoms with van der Waals surface area (Å²) < 4.78 is 1.31. The zero-order valence-corrected chi connectivity index (χ0v) is 14.8. The fourth-order valence-electron chi connectivity index (χ4n) is 2.36. The van der Waals surface area contributed by atoms with Crippen molar-refractivity contribution in [3.63, 3.8) is 0 Å². The van der Waals surface area contributed by atoms with E-state index in [0.717, 1.165) is 22.7 Å². The van der Waals surface area contributed by atoms with Gasteiger partial charge in [0.15, 0.2) is 0 Å². The molecule has 0 bridgehead atoms. The lowest BCUT2D eigenvalue weighted by atomic mass is 10.1. The van der Waals surface area contributed by atoms with Crippen molar-refractivity contribution in [2.24, 2.45) is 0 Å². The molecule has 7 heteroatoms. The molecule has 0 saturated heterocycles. The van der Waals surface area contributed by atoms with Crippen LogP contribution in [0, 0.1) is 6.92 Å². The normalized spacial score (nSPS) is 10.6. The predicted molar refractivity (Wildman–Crippen MR) is 99.0 cm³/mol. The van der Waals surface area contributed by atoms with Gasteiger partial charge < -0.3 is 5.32 Å². The van der Waals surface area contributed by atoms with Gasteiger partial charge in [0, 0.05) is 29.2 Å². The second-order valence-electron chi connectivity index (χ2n) is 5.56. The van der Waals surface area contributed by atoms with Crippen molar-refractivity contribution in [1.29, 1.82) is 0 Å². The smallest absolute Gasteiger partial charge is 0.276 e. The quantitative estimate of drug-likeness (QED) is 0.762. The summed E-state index contributed by atoms with van der Waals surface area (Å²) >= 11 is 1.60. The Hall–Kier alpha value is -2.80. The van der Waals surface area contributed by atoms with Crippen LogP contribution in [0.1, 0.15) is 28.8 Å². The molecule has 6 nitrogen and oxygen atoms in total. The number of hydrogen-bond acceptors (Lipinski definition) is 5. The van der Waals surface area contributed by atoms with Crippen molar-refractivity contribution in [2.75, 3.05) is 5.32 Å². The van der Waals surface area contributed by atoms with Gasteiger partial charge in [-0.2, -0.15) is 5.10 Å². The van der Waals surface area contributed by atoms with Crippen LogP contribution in [0.15, 0.2) is 46.6 Å². The second-order valence-corrected chi connectivity index (χ2v) is 6.63. The lowest BCUT2D eigenvalue weighted by Crippen LogP contribution is -2.26. The third kappa shape index (κ3) is 4.00. The average Bonchev–Trinajstić information content (AvgIpc) is 3.04. The van der Waals surface area contributed by atoms with Crippen LogP contribution in [0.5, 0.6) is 0 Å². The standard InChI is InChI=1S/C18H18N4O2S/c1-3-10-22-17(23)9-8-15(21-22)18(24)20-14-6-4-13(5-7-14)16-11-25-12(2)19-16/h4-9,11H,3,10H2,1-2H3,(H,20,24). The number of nitrogens with zero attached hydrogens (tertiary/aromatic N) is 3. The minimum Gasteiger partial charge on any atom is -0.321 e. The number of benzene rings is 1. The van der Waals surface area contributed by atoms with Crippen LogP contribution in [-0.2, 0) is 6.54 Å². The topological polar surface area (TPSA) is 76.9 Å². The van der Waals surface area contributed by atoms with Gasteiger partial charge in [-0.3, -0.25) is 9.59 Å². The summed E-state index contributed by atoms with van der Waals surface area (Å²) in [6.07, 6.45) is 0.773. The molecular weight excluding hydrogens is 336 g/mol. The number of amides is 1. The number of carbonyl (C=O) groups is 1. The van der Waals surface area contributed by atoms with Crippen LogP contribution >= 0.6 is 11.3 Å². The maximum absolute atomic E-state index is 12.3. The van der Waals surface area contributed by atoms with Gasteiger partial charge in [0.05, 0.1) is 10.7 Å². The number of anilines is 1. The number of hydrogen-bond donors (Lipinski definition) is 1. The Bertz CT molecular complexity index is 944. The number of aryl methyl sites for hydroxylation is 2. The Balaban J connectivity index is 1.75. The lowest BCUT2D eigenvalue weighted by Gasteiger charge is -2.07. The molecule has 1 amide bonds. The largest absolute Gasteiger partial charge is 0.321 e. The van der Waals surface area contributed by atoms with Crippen LogP contribution in [0.25, 0.3) is 11.3 Å². The van der Waals surface area contributed by atoms with Crippen molar-refractivity contribution < 1.29 is 4.79 Å². The highest BCUT2D eigenvalue weighted by atomic mass is 32.1. The Morgan fingerprint density at radius 1 is 1.20 bits per heavy atom. The molecule has 2 heterocycles. The van der Waals surface area contributed by atoms with E-state index in [0.29, 0.717) is 12.2 Å². The Kier molecular flexibility index (Phi) is 5.04. The molecule has 0 aliphatic rings. The van der Waals surface area contributed by atoms with E-state index in [-0.39, 0.29) is 17.2 Å². The molecule has 0 aliphatic carbocycles. The van der Waals surface area contributed by atoms with Crippen LogP contribution in [0.3, 0.4) is 0 Å². The molecule has 0 fully saturated rings. The van der Waals surface area contributed by atoms with Crippen molar-refractivity contribution in [3.05, 3.63) is 62.8 Å². The summed E-state index contributed by atoms with van der Waals surface area (Å²) in [4.78, 5) is 28.5. The minimum atomic E-state index is -0.345. The first-order chi connectivity index (χ1) is 12.1. The molecule has 3 rings (SSSR count). The highest BCUT2D eigenvalue weighted by Crippen LogP contribution is 2.23. The molecule has 0 radical (unpaired) electrons. The zero-order chi connectivity index (χ0) is 17.8. The molecule has 0 spiro atoms. The molecule has 25 heavy (non-hydrogen) atoms. The molecule has 1 N–H and O–H groups in total. The monoisotopic (exact) mass is 354 g/mol. The molecule has 0 atom stereocenters. The summed E-state index contributed by atoms with van der Waals surface area (Å²) in [6.45, 7) is 4.40. The van der Waals surface area contributed by atoms with E-state index in [9.17, 15) is 9.59 Å². The number of carbonyl (C=O) groups excluding carboxylic acids is 1. The first-order valence-corrected chi connectivity index (χ1v) is 8.87. The maximum atomic E-state index is 12.3. The summed E-state index contributed by atoms with van der Waals surface area (Å²) in [5.74, 6) is -0.345. The molecule has 2 aromatic heterocycles. The SMILES string of the molecule is CCCn1nc(C(=O)Nc2ccc(-c3csc(C)n3)cc2)ccc1=O. The number of nitrogens with one attached hydrogen (secondary N) is 1. The molecular formula is C18H18N4O2S.